The van der Waals surface area contributed by atoms with E-state index in [0.717, 1.165) is 5.75 Å². The molecule has 1 atom stereocenters. The van der Waals surface area contributed by atoms with E-state index in [4.69, 9.17) is 14.1 Å². The van der Waals surface area contributed by atoms with E-state index < -0.39 is 6.04 Å². The summed E-state index contributed by atoms with van der Waals surface area (Å²) in [5, 5.41) is 0.517. The second kappa shape index (κ2) is 10.6. The normalized spacial score (nSPS) is 12.1. The summed E-state index contributed by atoms with van der Waals surface area (Å²) >= 11 is 0. The molecule has 0 aliphatic heterocycles. The Labute approximate surface area is 205 Å². The number of carbonyl (C=O) groups is 1. The SMILES string of the molecule is CCOc1ccc(-n2c(C(C)N(Cc3ccco3)C(=O)CC(C)C)nc3ccccc3c2=O)cc1. The fraction of sp³-hybridized carbons (Fsp3) is 0.321. The van der Waals surface area contributed by atoms with Crippen LogP contribution in [-0.2, 0) is 11.3 Å². The van der Waals surface area contributed by atoms with Crippen molar-refractivity contribution in [1.82, 2.24) is 14.5 Å². The number of hydrogen-bond acceptors (Lipinski definition) is 5. The molecule has 7 nitrogen and oxygen atoms in total. The Morgan fingerprint density at radius 3 is 2.46 bits per heavy atom. The van der Waals surface area contributed by atoms with Gasteiger partial charge < -0.3 is 14.1 Å². The largest absolute Gasteiger partial charge is 0.494 e. The smallest absolute Gasteiger partial charge is 0.266 e. The van der Waals surface area contributed by atoms with Crippen LogP contribution >= 0.6 is 0 Å². The van der Waals surface area contributed by atoms with Gasteiger partial charge in [-0.05, 0) is 68.3 Å². The van der Waals surface area contributed by atoms with Gasteiger partial charge in [0, 0.05) is 6.42 Å². The third kappa shape index (κ3) is 5.29. The highest BCUT2D eigenvalue weighted by Gasteiger charge is 2.28. The average Bonchev–Trinajstić information content (AvgIpc) is 3.36. The van der Waals surface area contributed by atoms with Gasteiger partial charge in [-0.2, -0.15) is 0 Å². The first-order valence-electron chi connectivity index (χ1n) is 12.0. The maximum absolute atomic E-state index is 13.7. The van der Waals surface area contributed by atoms with Crippen LogP contribution in [0.1, 0.15) is 51.7 Å². The first-order chi connectivity index (χ1) is 16.9. The van der Waals surface area contributed by atoms with Crippen LogP contribution in [0.5, 0.6) is 5.75 Å². The van der Waals surface area contributed by atoms with Crippen molar-refractivity contribution in [2.75, 3.05) is 6.61 Å². The van der Waals surface area contributed by atoms with E-state index in [2.05, 4.69) is 0 Å². The number of amides is 1. The van der Waals surface area contributed by atoms with E-state index in [-0.39, 0.29) is 23.9 Å². The van der Waals surface area contributed by atoms with Gasteiger partial charge in [0.15, 0.2) is 0 Å². The van der Waals surface area contributed by atoms with Gasteiger partial charge in [-0.15, -0.1) is 0 Å². The lowest BCUT2D eigenvalue weighted by molar-refractivity contribution is -0.135. The zero-order chi connectivity index (χ0) is 24.9. The maximum atomic E-state index is 13.7. The Bertz CT molecular complexity index is 1340. The fourth-order valence-corrected chi connectivity index (χ4v) is 4.16. The predicted octanol–water partition coefficient (Wildman–Crippen LogP) is 5.51. The molecule has 0 aliphatic carbocycles. The number of aromatic nitrogens is 2. The number of para-hydroxylation sites is 1. The monoisotopic (exact) mass is 473 g/mol. The summed E-state index contributed by atoms with van der Waals surface area (Å²) in [7, 11) is 0. The van der Waals surface area contributed by atoms with Gasteiger partial charge in [0.2, 0.25) is 5.91 Å². The molecule has 0 N–H and O–H groups in total. The summed E-state index contributed by atoms with van der Waals surface area (Å²) in [4.78, 5) is 33.7. The highest BCUT2D eigenvalue weighted by Crippen LogP contribution is 2.27. The number of nitrogens with zero attached hydrogens (tertiary/aromatic N) is 3. The lowest BCUT2D eigenvalue weighted by Crippen LogP contribution is -2.37. The quantitative estimate of drug-likeness (QED) is 0.320. The Morgan fingerprint density at radius 2 is 1.80 bits per heavy atom. The van der Waals surface area contributed by atoms with Crippen molar-refractivity contribution >= 4 is 16.8 Å². The Balaban J connectivity index is 1.87. The van der Waals surface area contributed by atoms with Crippen molar-refractivity contribution in [2.24, 2.45) is 5.92 Å². The van der Waals surface area contributed by atoms with Crippen LogP contribution in [0.25, 0.3) is 16.6 Å². The number of ether oxygens (including phenoxy) is 1. The molecule has 0 aliphatic rings. The van der Waals surface area contributed by atoms with E-state index in [1.165, 1.54) is 0 Å². The van der Waals surface area contributed by atoms with Crippen LogP contribution in [0.3, 0.4) is 0 Å². The maximum Gasteiger partial charge on any atom is 0.266 e. The van der Waals surface area contributed by atoms with Gasteiger partial charge in [-0.1, -0.05) is 26.0 Å². The third-order valence-corrected chi connectivity index (χ3v) is 5.86. The van der Waals surface area contributed by atoms with Crippen LogP contribution in [0.15, 0.2) is 76.1 Å². The van der Waals surface area contributed by atoms with Crippen LogP contribution < -0.4 is 10.3 Å². The van der Waals surface area contributed by atoms with Gasteiger partial charge in [-0.3, -0.25) is 14.2 Å². The zero-order valence-corrected chi connectivity index (χ0v) is 20.6. The fourth-order valence-electron chi connectivity index (χ4n) is 4.16. The molecule has 35 heavy (non-hydrogen) atoms. The van der Waals surface area contributed by atoms with Crippen molar-refractivity contribution < 1.29 is 13.9 Å². The molecule has 4 rings (SSSR count). The second-order valence-corrected chi connectivity index (χ2v) is 8.93. The highest BCUT2D eigenvalue weighted by atomic mass is 16.5. The summed E-state index contributed by atoms with van der Waals surface area (Å²) in [6.07, 6.45) is 1.97. The van der Waals surface area contributed by atoms with Gasteiger partial charge in [0.1, 0.15) is 17.3 Å². The number of rotatable bonds is 9. The third-order valence-electron chi connectivity index (χ3n) is 5.86. The van der Waals surface area contributed by atoms with Crippen molar-refractivity contribution in [3.63, 3.8) is 0 Å². The summed E-state index contributed by atoms with van der Waals surface area (Å²) in [6.45, 7) is 8.69. The van der Waals surface area contributed by atoms with Crippen molar-refractivity contribution in [3.05, 3.63) is 88.9 Å². The minimum atomic E-state index is -0.491. The van der Waals surface area contributed by atoms with Gasteiger partial charge in [0.05, 0.1) is 42.0 Å². The molecule has 0 bridgehead atoms. The van der Waals surface area contributed by atoms with Crippen LogP contribution in [0.4, 0.5) is 0 Å². The highest BCUT2D eigenvalue weighted by molar-refractivity contribution is 5.79. The average molecular weight is 474 g/mol. The molecule has 0 spiro atoms. The summed E-state index contributed by atoms with van der Waals surface area (Å²) in [5.41, 5.74) is 1.07. The minimum Gasteiger partial charge on any atom is -0.494 e. The molecule has 1 unspecified atom stereocenters. The van der Waals surface area contributed by atoms with Crippen LogP contribution in [-0.4, -0.2) is 27.0 Å². The lowest BCUT2D eigenvalue weighted by atomic mass is 10.1. The second-order valence-electron chi connectivity index (χ2n) is 8.93. The summed E-state index contributed by atoms with van der Waals surface area (Å²) < 4.78 is 12.7. The van der Waals surface area contributed by atoms with Crippen molar-refractivity contribution in [3.8, 4) is 11.4 Å². The number of carbonyl (C=O) groups excluding carboxylic acids is 1. The standard InChI is InChI=1S/C28H31N3O4/c1-5-34-22-14-12-21(13-15-22)31-27(29-25-11-7-6-10-24(25)28(31)33)20(4)30(26(32)17-19(2)3)18-23-9-8-16-35-23/h6-16,19-20H,5,17-18H2,1-4H3. The van der Waals surface area contributed by atoms with E-state index >= 15 is 0 Å². The molecule has 4 aromatic rings. The summed E-state index contributed by atoms with van der Waals surface area (Å²) in [6, 6.07) is 17.8. The predicted molar refractivity (Wildman–Crippen MR) is 136 cm³/mol. The van der Waals surface area contributed by atoms with E-state index in [0.29, 0.717) is 41.2 Å². The van der Waals surface area contributed by atoms with Gasteiger partial charge >= 0.3 is 0 Å². The summed E-state index contributed by atoms with van der Waals surface area (Å²) in [5.74, 6) is 2.04. The molecule has 2 aromatic carbocycles. The Hall–Kier alpha value is -3.87. The molecule has 0 fully saturated rings. The zero-order valence-electron chi connectivity index (χ0n) is 20.6. The van der Waals surface area contributed by atoms with Gasteiger partial charge in [0.25, 0.3) is 5.56 Å². The lowest BCUT2D eigenvalue weighted by Gasteiger charge is -2.30. The molecule has 2 heterocycles. The van der Waals surface area contributed by atoms with Crippen molar-refractivity contribution in [1.29, 1.82) is 0 Å². The van der Waals surface area contributed by atoms with E-state index in [1.807, 2.05) is 76.2 Å². The first kappa shape index (κ1) is 24.3. The van der Waals surface area contributed by atoms with Gasteiger partial charge in [-0.25, -0.2) is 4.98 Å². The van der Waals surface area contributed by atoms with Crippen LogP contribution in [0, 0.1) is 5.92 Å². The molecule has 7 heteroatoms. The Kier molecular flexibility index (Phi) is 7.34. The molecular weight excluding hydrogens is 442 g/mol. The number of fused-ring (bicyclic) bond motifs is 1. The van der Waals surface area contributed by atoms with E-state index in [1.54, 1.807) is 27.9 Å². The minimum absolute atomic E-state index is 0.0236. The molecule has 1 amide bonds. The molecule has 182 valence electrons. The van der Waals surface area contributed by atoms with Crippen LogP contribution in [0.2, 0.25) is 0 Å². The molecule has 2 aromatic heterocycles. The number of furan rings is 1. The number of hydrogen-bond donors (Lipinski definition) is 0. The Morgan fingerprint density at radius 1 is 1.06 bits per heavy atom. The molecule has 0 saturated carbocycles. The van der Waals surface area contributed by atoms with E-state index in [9.17, 15) is 9.59 Å². The molecule has 0 radical (unpaired) electrons. The molecule has 0 saturated heterocycles. The topological polar surface area (TPSA) is 77.6 Å². The van der Waals surface area contributed by atoms with Crippen molar-refractivity contribution in [2.45, 2.75) is 46.7 Å². The molecular formula is C28H31N3O4. The number of benzene rings is 2. The first-order valence-corrected chi connectivity index (χ1v) is 12.0.